The summed E-state index contributed by atoms with van der Waals surface area (Å²) in [6, 6.07) is 1.15. The van der Waals surface area contributed by atoms with Crippen molar-refractivity contribution in [3.8, 4) is 0 Å². The Morgan fingerprint density at radius 1 is 1.00 bits per heavy atom. The van der Waals surface area contributed by atoms with Gasteiger partial charge in [-0.05, 0) is 34.6 Å². The fraction of sp³-hybridized carbons (Fsp3) is 1.00. The second-order valence-corrected chi connectivity index (χ2v) is 6.14. The van der Waals surface area contributed by atoms with Gasteiger partial charge < -0.3 is 9.05 Å². The van der Waals surface area contributed by atoms with Gasteiger partial charge in [0.15, 0.2) is 8.38 Å². The smallest absolute Gasteiger partial charge is 0.170 e. The van der Waals surface area contributed by atoms with Gasteiger partial charge in [-0.1, -0.05) is 6.92 Å². The van der Waals surface area contributed by atoms with Crippen LogP contribution in [0.5, 0.6) is 0 Å². The first kappa shape index (κ1) is 16.3. The van der Waals surface area contributed by atoms with Crippen LogP contribution in [0.15, 0.2) is 0 Å². The van der Waals surface area contributed by atoms with Crippen molar-refractivity contribution in [2.24, 2.45) is 0 Å². The maximum absolute atomic E-state index is 5.76. The van der Waals surface area contributed by atoms with Crippen molar-refractivity contribution in [1.29, 1.82) is 0 Å². The van der Waals surface area contributed by atoms with Gasteiger partial charge in [-0.15, -0.1) is 0 Å². The predicted molar refractivity (Wildman–Crippen MR) is 72.0 cm³/mol. The topological polar surface area (TPSA) is 21.7 Å². The Morgan fingerprint density at radius 2 is 1.56 bits per heavy atom. The van der Waals surface area contributed by atoms with Crippen LogP contribution in [0.2, 0.25) is 0 Å². The number of hydrogen-bond acceptors (Lipinski definition) is 3. The summed E-state index contributed by atoms with van der Waals surface area (Å²) >= 11 is 0. The minimum atomic E-state index is -0.654. The minimum absolute atomic E-state index is 0.573. The maximum Gasteiger partial charge on any atom is 0.170 e. The van der Waals surface area contributed by atoms with E-state index < -0.39 is 8.38 Å². The third kappa shape index (κ3) is 6.80. The second-order valence-electron chi connectivity index (χ2n) is 4.33. The van der Waals surface area contributed by atoms with Crippen LogP contribution in [0.25, 0.3) is 0 Å². The van der Waals surface area contributed by atoms with E-state index in [1.807, 2.05) is 6.92 Å². The van der Waals surface area contributed by atoms with Gasteiger partial charge in [0.1, 0.15) is 0 Å². The lowest BCUT2D eigenvalue weighted by Gasteiger charge is -2.30. The van der Waals surface area contributed by atoms with E-state index in [9.17, 15) is 0 Å². The van der Waals surface area contributed by atoms with Crippen LogP contribution in [0.1, 0.15) is 41.5 Å². The second kappa shape index (κ2) is 9.35. The normalized spacial score (nSPS) is 14.1. The third-order valence-corrected chi connectivity index (χ3v) is 3.98. The highest BCUT2D eigenvalue weighted by molar-refractivity contribution is 7.47. The monoisotopic (exact) mass is 249 g/mol. The van der Waals surface area contributed by atoms with Crippen molar-refractivity contribution in [3.63, 3.8) is 0 Å². The van der Waals surface area contributed by atoms with Gasteiger partial charge in [-0.25, -0.2) is 0 Å². The van der Waals surface area contributed by atoms with Crippen molar-refractivity contribution in [3.05, 3.63) is 0 Å². The maximum atomic E-state index is 5.76. The predicted octanol–water partition coefficient (Wildman–Crippen LogP) is 3.49. The van der Waals surface area contributed by atoms with Crippen molar-refractivity contribution < 1.29 is 9.05 Å². The molecule has 3 nitrogen and oxygen atoms in total. The van der Waals surface area contributed by atoms with E-state index >= 15 is 0 Å². The fourth-order valence-electron chi connectivity index (χ4n) is 1.72. The summed E-state index contributed by atoms with van der Waals surface area (Å²) in [6.07, 6.45) is 0.979. The van der Waals surface area contributed by atoms with E-state index in [-0.39, 0.29) is 0 Å². The molecule has 0 bridgehead atoms. The molecule has 16 heavy (non-hydrogen) atoms. The van der Waals surface area contributed by atoms with Gasteiger partial charge in [0.2, 0.25) is 0 Å². The Labute approximate surface area is 102 Å². The number of rotatable bonds is 9. The zero-order valence-corrected chi connectivity index (χ0v) is 12.6. The molecular formula is C12H28NO2P. The Balaban J connectivity index is 3.84. The lowest BCUT2D eigenvalue weighted by molar-refractivity contribution is 0.138. The molecule has 0 rings (SSSR count). The van der Waals surface area contributed by atoms with Crippen molar-refractivity contribution in [2.75, 3.05) is 25.9 Å². The van der Waals surface area contributed by atoms with Gasteiger partial charge in [-0.3, -0.25) is 4.90 Å². The highest BCUT2D eigenvalue weighted by Gasteiger charge is 2.14. The molecule has 0 aliphatic rings. The van der Waals surface area contributed by atoms with Crippen molar-refractivity contribution >= 4 is 8.38 Å². The van der Waals surface area contributed by atoms with E-state index in [0.717, 1.165) is 25.9 Å². The van der Waals surface area contributed by atoms with Crippen LogP contribution in [0, 0.1) is 0 Å². The molecule has 0 amide bonds. The Morgan fingerprint density at radius 3 is 1.94 bits per heavy atom. The number of nitrogens with zero attached hydrogens (tertiary/aromatic N) is 1. The summed E-state index contributed by atoms with van der Waals surface area (Å²) in [5.41, 5.74) is 0. The molecule has 98 valence electrons. The molecule has 0 aromatic rings. The molecule has 0 aromatic carbocycles. The molecular weight excluding hydrogens is 221 g/mol. The molecule has 1 unspecified atom stereocenters. The lowest BCUT2D eigenvalue weighted by Crippen LogP contribution is -2.39. The molecule has 0 aliphatic carbocycles. The first-order chi connectivity index (χ1) is 7.52. The van der Waals surface area contributed by atoms with E-state index in [4.69, 9.17) is 9.05 Å². The van der Waals surface area contributed by atoms with Gasteiger partial charge in [-0.2, -0.15) is 0 Å². The van der Waals surface area contributed by atoms with Crippen LogP contribution in [-0.4, -0.2) is 42.9 Å². The fourth-order valence-corrected chi connectivity index (χ4v) is 2.74. The molecule has 0 aliphatic heterocycles. The van der Waals surface area contributed by atoms with E-state index in [1.54, 1.807) is 0 Å². The Hall–Kier alpha value is 0.310. The van der Waals surface area contributed by atoms with Crippen molar-refractivity contribution in [1.82, 2.24) is 4.90 Å². The first-order valence-electron chi connectivity index (χ1n) is 6.31. The standard InChI is InChI=1S/C12H28NO2P/c1-7-14-16(8-2)15-10-9-13(11(3)4)12(5)6/h11-12H,7-10H2,1-6H3. The van der Waals surface area contributed by atoms with Crippen LogP contribution in [0.4, 0.5) is 0 Å². The lowest BCUT2D eigenvalue weighted by atomic mass is 10.2. The van der Waals surface area contributed by atoms with Crippen LogP contribution in [-0.2, 0) is 9.05 Å². The van der Waals surface area contributed by atoms with Gasteiger partial charge >= 0.3 is 0 Å². The van der Waals surface area contributed by atoms with E-state index in [1.165, 1.54) is 0 Å². The zero-order valence-electron chi connectivity index (χ0n) is 11.7. The Kier molecular flexibility index (Phi) is 9.53. The highest BCUT2D eigenvalue weighted by Crippen LogP contribution is 2.37. The molecule has 0 radical (unpaired) electrons. The van der Waals surface area contributed by atoms with Crippen LogP contribution in [0.3, 0.4) is 0 Å². The van der Waals surface area contributed by atoms with Crippen molar-refractivity contribution in [2.45, 2.75) is 53.6 Å². The van der Waals surface area contributed by atoms with Gasteiger partial charge in [0.25, 0.3) is 0 Å². The molecule has 0 fully saturated rings. The summed E-state index contributed by atoms with van der Waals surface area (Å²) in [5, 5.41) is 0. The summed E-state index contributed by atoms with van der Waals surface area (Å²) < 4.78 is 11.3. The average Bonchev–Trinajstić information content (AvgIpc) is 2.21. The number of hydrogen-bond donors (Lipinski definition) is 0. The molecule has 0 N–H and O–H groups in total. The summed E-state index contributed by atoms with van der Waals surface area (Å²) in [5.74, 6) is 0. The summed E-state index contributed by atoms with van der Waals surface area (Å²) in [4.78, 5) is 2.44. The van der Waals surface area contributed by atoms with Crippen LogP contribution < -0.4 is 0 Å². The minimum Gasteiger partial charge on any atom is -0.334 e. The third-order valence-electron chi connectivity index (χ3n) is 2.44. The highest BCUT2D eigenvalue weighted by atomic mass is 31.2. The van der Waals surface area contributed by atoms with Gasteiger partial charge in [0.05, 0.1) is 13.2 Å². The van der Waals surface area contributed by atoms with E-state index in [0.29, 0.717) is 12.1 Å². The molecule has 0 saturated heterocycles. The van der Waals surface area contributed by atoms with Gasteiger partial charge in [0, 0.05) is 24.8 Å². The SMILES string of the molecule is CCOP(CC)OCCN(C(C)C)C(C)C. The summed E-state index contributed by atoms with van der Waals surface area (Å²) in [7, 11) is -0.654. The molecule has 0 spiro atoms. The molecule has 4 heteroatoms. The molecule has 0 saturated carbocycles. The average molecular weight is 249 g/mol. The molecule has 1 atom stereocenters. The first-order valence-corrected chi connectivity index (χ1v) is 7.68. The molecule has 0 heterocycles. The molecule has 0 aromatic heterocycles. The largest absolute Gasteiger partial charge is 0.334 e. The van der Waals surface area contributed by atoms with Crippen LogP contribution >= 0.6 is 8.38 Å². The quantitative estimate of drug-likeness (QED) is 0.584. The zero-order chi connectivity index (χ0) is 12.6. The summed E-state index contributed by atoms with van der Waals surface area (Å²) in [6.45, 7) is 15.5. The van der Waals surface area contributed by atoms with E-state index in [2.05, 4.69) is 39.5 Å². The Bertz CT molecular complexity index is 157.